The van der Waals surface area contributed by atoms with E-state index in [9.17, 15) is 4.79 Å². The van der Waals surface area contributed by atoms with E-state index in [-0.39, 0.29) is 10.7 Å². The van der Waals surface area contributed by atoms with E-state index in [0.29, 0.717) is 12.1 Å². The van der Waals surface area contributed by atoms with Gasteiger partial charge in [-0.25, -0.2) is 9.97 Å². The van der Waals surface area contributed by atoms with E-state index >= 15 is 0 Å². The van der Waals surface area contributed by atoms with Crippen molar-refractivity contribution < 1.29 is 4.79 Å². The third-order valence-corrected chi connectivity index (χ3v) is 3.14. The highest BCUT2D eigenvalue weighted by Crippen LogP contribution is 2.26. The average molecular weight is 285 g/mol. The summed E-state index contributed by atoms with van der Waals surface area (Å²) in [6.07, 6.45) is 3.64. The molecular formula is C14H9ClN4O. The van der Waals surface area contributed by atoms with Crippen LogP contribution in [0.3, 0.4) is 0 Å². The number of aromatic nitrogens is 3. The van der Waals surface area contributed by atoms with E-state index in [0.717, 1.165) is 16.6 Å². The molecule has 0 bridgehead atoms. The molecule has 3 rings (SSSR count). The van der Waals surface area contributed by atoms with Crippen LogP contribution in [0.2, 0.25) is 5.15 Å². The fourth-order valence-electron chi connectivity index (χ4n) is 1.91. The number of rotatable bonds is 3. The first kappa shape index (κ1) is 12.5. The van der Waals surface area contributed by atoms with Gasteiger partial charge in [-0.05, 0) is 12.1 Å². The summed E-state index contributed by atoms with van der Waals surface area (Å²) >= 11 is 5.88. The molecule has 0 fully saturated rings. The molecule has 6 heteroatoms. The molecule has 20 heavy (non-hydrogen) atoms. The fourth-order valence-corrected chi connectivity index (χ4v) is 2.09. The van der Waals surface area contributed by atoms with E-state index in [1.54, 1.807) is 6.20 Å². The van der Waals surface area contributed by atoms with Crippen molar-refractivity contribution in [1.29, 1.82) is 0 Å². The molecule has 0 amide bonds. The monoisotopic (exact) mass is 284 g/mol. The Balaban J connectivity index is 2.10. The van der Waals surface area contributed by atoms with Crippen LogP contribution in [0.25, 0.3) is 10.9 Å². The number of hydrogen-bond acceptors (Lipinski definition) is 5. The molecule has 1 aromatic carbocycles. The molecule has 2 aromatic heterocycles. The number of para-hydroxylation sites is 1. The van der Waals surface area contributed by atoms with E-state index in [4.69, 9.17) is 11.6 Å². The zero-order valence-corrected chi connectivity index (χ0v) is 11.0. The molecule has 0 saturated heterocycles. The van der Waals surface area contributed by atoms with Crippen molar-refractivity contribution in [2.45, 2.75) is 0 Å². The normalized spacial score (nSPS) is 10.4. The van der Waals surface area contributed by atoms with E-state index in [2.05, 4.69) is 20.3 Å². The lowest BCUT2D eigenvalue weighted by molar-refractivity contribution is 0.112. The molecule has 0 atom stereocenters. The second kappa shape index (κ2) is 5.22. The molecule has 2 heterocycles. The van der Waals surface area contributed by atoms with Crippen LogP contribution < -0.4 is 5.32 Å². The average Bonchev–Trinajstić information content (AvgIpc) is 2.48. The molecule has 0 spiro atoms. The third kappa shape index (κ3) is 2.19. The van der Waals surface area contributed by atoms with E-state index in [1.165, 1.54) is 6.33 Å². The van der Waals surface area contributed by atoms with Crippen LogP contribution in [0.1, 0.15) is 10.4 Å². The molecular weight excluding hydrogens is 276 g/mol. The number of carbonyl (C=O) groups is 1. The van der Waals surface area contributed by atoms with Crippen LogP contribution in [-0.2, 0) is 0 Å². The summed E-state index contributed by atoms with van der Waals surface area (Å²) in [6, 6.07) is 9.54. The van der Waals surface area contributed by atoms with Crippen molar-refractivity contribution in [3.8, 4) is 0 Å². The lowest BCUT2D eigenvalue weighted by atomic mass is 10.2. The lowest BCUT2D eigenvalue weighted by Gasteiger charge is -2.10. The molecule has 0 aliphatic rings. The molecule has 0 saturated carbocycles. The maximum Gasteiger partial charge on any atom is 0.156 e. The summed E-state index contributed by atoms with van der Waals surface area (Å²) in [5.74, 6) is 0.359. The van der Waals surface area contributed by atoms with Crippen molar-refractivity contribution in [3.05, 3.63) is 53.6 Å². The van der Waals surface area contributed by atoms with Gasteiger partial charge in [-0.2, -0.15) is 0 Å². The van der Waals surface area contributed by atoms with Gasteiger partial charge in [0.2, 0.25) is 0 Å². The van der Waals surface area contributed by atoms with Gasteiger partial charge in [0.15, 0.2) is 6.29 Å². The third-order valence-electron chi connectivity index (χ3n) is 2.84. The number of carbonyl (C=O) groups excluding carboxylic acids is 1. The molecule has 0 radical (unpaired) electrons. The largest absolute Gasteiger partial charge is 0.338 e. The predicted molar refractivity (Wildman–Crippen MR) is 77.5 cm³/mol. The maximum absolute atomic E-state index is 11.1. The van der Waals surface area contributed by atoms with Gasteiger partial charge < -0.3 is 5.32 Å². The number of hydrogen-bond donors (Lipinski definition) is 1. The van der Waals surface area contributed by atoms with Crippen molar-refractivity contribution in [2.75, 3.05) is 5.32 Å². The fraction of sp³-hybridized carbons (Fsp3) is 0. The standard InChI is InChI=1S/C14H9ClN4O/c15-13-10(7-20)14(18-8-17-13)19-11-5-1-3-9-4-2-6-16-12(9)11/h1-8H,(H,17,18,19). The highest BCUT2D eigenvalue weighted by atomic mass is 35.5. The first-order valence-corrected chi connectivity index (χ1v) is 6.24. The number of pyridine rings is 1. The number of anilines is 2. The Morgan fingerprint density at radius 3 is 2.80 bits per heavy atom. The van der Waals surface area contributed by atoms with Crippen LogP contribution in [0, 0.1) is 0 Å². The zero-order chi connectivity index (χ0) is 13.9. The lowest BCUT2D eigenvalue weighted by Crippen LogP contribution is -2.01. The zero-order valence-electron chi connectivity index (χ0n) is 10.2. The minimum absolute atomic E-state index is 0.116. The minimum Gasteiger partial charge on any atom is -0.338 e. The second-order valence-electron chi connectivity index (χ2n) is 4.05. The van der Waals surface area contributed by atoms with E-state index < -0.39 is 0 Å². The SMILES string of the molecule is O=Cc1c(Cl)ncnc1Nc1cccc2cccnc12. The number of nitrogens with zero attached hydrogens (tertiary/aromatic N) is 3. The molecule has 0 unspecified atom stereocenters. The molecule has 3 aromatic rings. The van der Waals surface area contributed by atoms with Crippen LogP contribution in [0.15, 0.2) is 42.9 Å². The number of benzene rings is 1. The first-order chi connectivity index (χ1) is 9.79. The molecule has 1 N–H and O–H groups in total. The van der Waals surface area contributed by atoms with Crippen LogP contribution in [-0.4, -0.2) is 21.2 Å². The Morgan fingerprint density at radius 2 is 1.95 bits per heavy atom. The van der Waals surface area contributed by atoms with Crippen molar-refractivity contribution in [3.63, 3.8) is 0 Å². The van der Waals surface area contributed by atoms with Crippen LogP contribution in [0.5, 0.6) is 0 Å². The molecule has 5 nitrogen and oxygen atoms in total. The van der Waals surface area contributed by atoms with Gasteiger partial charge in [-0.3, -0.25) is 9.78 Å². The Hall–Kier alpha value is -2.53. The van der Waals surface area contributed by atoms with Crippen molar-refractivity contribution >= 4 is 40.3 Å². The number of fused-ring (bicyclic) bond motifs is 1. The summed E-state index contributed by atoms with van der Waals surface area (Å²) < 4.78 is 0. The highest BCUT2D eigenvalue weighted by molar-refractivity contribution is 6.32. The van der Waals surface area contributed by atoms with Gasteiger partial charge in [0.25, 0.3) is 0 Å². The molecule has 0 aliphatic carbocycles. The first-order valence-electron chi connectivity index (χ1n) is 5.86. The van der Waals surface area contributed by atoms with Crippen LogP contribution in [0.4, 0.5) is 11.5 Å². The van der Waals surface area contributed by atoms with Gasteiger partial charge >= 0.3 is 0 Å². The summed E-state index contributed by atoms with van der Waals surface area (Å²) in [5.41, 5.74) is 1.77. The number of aldehydes is 1. The summed E-state index contributed by atoms with van der Waals surface area (Å²) in [7, 11) is 0. The smallest absolute Gasteiger partial charge is 0.156 e. The quantitative estimate of drug-likeness (QED) is 0.591. The maximum atomic E-state index is 11.1. The van der Waals surface area contributed by atoms with Gasteiger partial charge in [0, 0.05) is 11.6 Å². The second-order valence-corrected chi connectivity index (χ2v) is 4.41. The van der Waals surface area contributed by atoms with Crippen LogP contribution >= 0.6 is 11.6 Å². The number of nitrogens with one attached hydrogen (secondary N) is 1. The Bertz CT molecular complexity index is 786. The number of halogens is 1. The summed E-state index contributed by atoms with van der Waals surface area (Å²) in [5, 5.41) is 4.19. The highest BCUT2D eigenvalue weighted by Gasteiger charge is 2.10. The van der Waals surface area contributed by atoms with Gasteiger partial charge in [-0.1, -0.05) is 29.8 Å². The Morgan fingerprint density at radius 1 is 1.10 bits per heavy atom. The van der Waals surface area contributed by atoms with Gasteiger partial charge in [-0.15, -0.1) is 0 Å². The Kier molecular flexibility index (Phi) is 3.26. The summed E-state index contributed by atoms with van der Waals surface area (Å²) in [6.45, 7) is 0. The minimum atomic E-state index is 0.116. The predicted octanol–water partition coefficient (Wildman–Crippen LogP) is 3.23. The van der Waals surface area contributed by atoms with Gasteiger partial charge in [0.1, 0.15) is 17.3 Å². The topological polar surface area (TPSA) is 67.8 Å². The van der Waals surface area contributed by atoms with E-state index in [1.807, 2.05) is 30.3 Å². The van der Waals surface area contributed by atoms with Crippen molar-refractivity contribution in [2.24, 2.45) is 0 Å². The Labute approximate surface area is 119 Å². The van der Waals surface area contributed by atoms with Crippen molar-refractivity contribution in [1.82, 2.24) is 15.0 Å². The summed E-state index contributed by atoms with van der Waals surface area (Å²) in [4.78, 5) is 23.2. The van der Waals surface area contributed by atoms with Gasteiger partial charge in [0.05, 0.1) is 16.8 Å². The molecule has 98 valence electrons. The molecule has 0 aliphatic heterocycles.